The number of rotatable bonds is 5. The summed E-state index contributed by atoms with van der Waals surface area (Å²) in [6.45, 7) is 2.29. The lowest BCUT2D eigenvalue weighted by Crippen LogP contribution is -2.41. The minimum Gasteiger partial charge on any atom is -0.480 e. The molecule has 1 saturated heterocycles. The molecule has 0 aromatic heterocycles. The molecule has 0 aromatic rings. The normalized spacial score (nSPS) is 23.4. The number of aliphatic carboxylic acids is 1. The Kier molecular flexibility index (Phi) is 4.62. The Morgan fingerprint density at radius 2 is 2.00 bits per heavy atom. The molecule has 1 aliphatic heterocycles. The summed E-state index contributed by atoms with van der Waals surface area (Å²) < 4.78 is 0. The minimum atomic E-state index is -1.02. The lowest BCUT2D eigenvalue weighted by Gasteiger charge is -2.25. The van der Waals surface area contributed by atoms with Gasteiger partial charge in [-0.05, 0) is 19.8 Å². The third-order valence-corrected chi connectivity index (χ3v) is 4.29. The van der Waals surface area contributed by atoms with Crippen molar-refractivity contribution in [3.63, 3.8) is 0 Å². The summed E-state index contributed by atoms with van der Waals surface area (Å²) in [7, 11) is 0. The van der Waals surface area contributed by atoms with E-state index in [1.807, 2.05) is 4.90 Å². The van der Waals surface area contributed by atoms with E-state index in [4.69, 9.17) is 5.11 Å². The highest BCUT2D eigenvalue weighted by molar-refractivity contribution is 5.90. The molecule has 0 unspecified atom stereocenters. The molecule has 2 fully saturated rings. The van der Waals surface area contributed by atoms with Gasteiger partial charge >= 0.3 is 5.97 Å². The number of carboxylic acids is 1. The molecule has 6 nitrogen and oxygen atoms in total. The number of hydrogen-bond acceptors (Lipinski definition) is 3. The summed E-state index contributed by atoms with van der Waals surface area (Å²) in [4.78, 5) is 38.3. The number of likely N-dealkylation sites (N-methyl/N-ethyl adjacent to an activating group) is 1. The number of carboxylic acid groups (broad SMARTS) is 1. The van der Waals surface area contributed by atoms with Crippen LogP contribution < -0.4 is 0 Å². The zero-order valence-corrected chi connectivity index (χ0v) is 11.9. The highest BCUT2D eigenvalue weighted by Crippen LogP contribution is 2.30. The van der Waals surface area contributed by atoms with Gasteiger partial charge in [-0.3, -0.25) is 14.4 Å². The van der Waals surface area contributed by atoms with Crippen LogP contribution in [-0.4, -0.2) is 58.4 Å². The van der Waals surface area contributed by atoms with E-state index in [2.05, 4.69) is 0 Å². The zero-order chi connectivity index (χ0) is 14.7. The van der Waals surface area contributed by atoms with Crippen molar-refractivity contribution >= 4 is 17.8 Å². The Morgan fingerprint density at radius 1 is 1.35 bits per heavy atom. The largest absolute Gasteiger partial charge is 0.480 e. The number of amides is 2. The second-order valence-electron chi connectivity index (χ2n) is 5.63. The molecule has 2 aliphatic rings. The van der Waals surface area contributed by atoms with E-state index in [0.717, 1.165) is 25.7 Å². The molecule has 1 saturated carbocycles. The number of carbonyl (C=O) groups excluding carboxylic acids is 2. The molecule has 112 valence electrons. The highest BCUT2D eigenvalue weighted by atomic mass is 16.4. The van der Waals surface area contributed by atoms with Gasteiger partial charge in [0.2, 0.25) is 11.8 Å². The monoisotopic (exact) mass is 282 g/mol. The topological polar surface area (TPSA) is 77.9 Å². The average Bonchev–Trinajstić information content (AvgIpc) is 3.03. The SMILES string of the molecule is CCN(CC(=O)O)C(=O)[C@@H]1CC(=O)N(C2CCCC2)C1. The molecule has 0 radical (unpaired) electrons. The van der Waals surface area contributed by atoms with Gasteiger partial charge in [-0.15, -0.1) is 0 Å². The van der Waals surface area contributed by atoms with Crippen molar-refractivity contribution in [1.82, 2.24) is 9.80 Å². The van der Waals surface area contributed by atoms with Crippen LogP contribution in [0.2, 0.25) is 0 Å². The van der Waals surface area contributed by atoms with Gasteiger partial charge in [0.1, 0.15) is 6.54 Å². The summed E-state index contributed by atoms with van der Waals surface area (Å²) in [6, 6.07) is 0.287. The Labute approximate surface area is 118 Å². The van der Waals surface area contributed by atoms with Crippen LogP contribution >= 0.6 is 0 Å². The van der Waals surface area contributed by atoms with Crippen LogP contribution in [0.15, 0.2) is 0 Å². The smallest absolute Gasteiger partial charge is 0.323 e. The van der Waals surface area contributed by atoms with Crippen LogP contribution in [0.3, 0.4) is 0 Å². The molecular formula is C14H22N2O4. The maximum Gasteiger partial charge on any atom is 0.323 e. The van der Waals surface area contributed by atoms with Crippen molar-refractivity contribution in [1.29, 1.82) is 0 Å². The van der Waals surface area contributed by atoms with E-state index in [-0.39, 0.29) is 36.7 Å². The molecule has 6 heteroatoms. The first-order valence-electron chi connectivity index (χ1n) is 7.33. The van der Waals surface area contributed by atoms with E-state index in [1.54, 1.807) is 6.92 Å². The summed E-state index contributed by atoms with van der Waals surface area (Å²) in [5.41, 5.74) is 0. The van der Waals surface area contributed by atoms with Crippen LogP contribution in [-0.2, 0) is 14.4 Å². The standard InChI is InChI=1S/C14H22N2O4/c1-2-15(9-13(18)19)14(20)10-7-12(17)16(8-10)11-5-3-4-6-11/h10-11H,2-9H2,1H3,(H,18,19)/t10-/m1/s1. The highest BCUT2D eigenvalue weighted by Gasteiger charge is 2.40. The Balaban J connectivity index is 1.97. The van der Waals surface area contributed by atoms with Crippen LogP contribution in [0.4, 0.5) is 0 Å². The van der Waals surface area contributed by atoms with Crippen molar-refractivity contribution in [2.75, 3.05) is 19.6 Å². The van der Waals surface area contributed by atoms with Gasteiger partial charge in [-0.2, -0.15) is 0 Å². The molecule has 0 aromatic carbocycles. The molecule has 1 heterocycles. The Bertz CT molecular complexity index is 404. The fraction of sp³-hybridized carbons (Fsp3) is 0.786. The maximum absolute atomic E-state index is 12.3. The molecule has 1 atom stereocenters. The molecule has 20 heavy (non-hydrogen) atoms. The second-order valence-corrected chi connectivity index (χ2v) is 5.63. The van der Waals surface area contributed by atoms with Gasteiger partial charge < -0.3 is 14.9 Å². The van der Waals surface area contributed by atoms with Gasteiger partial charge in [-0.1, -0.05) is 12.8 Å². The summed E-state index contributed by atoms with van der Waals surface area (Å²) in [5, 5.41) is 8.81. The number of carbonyl (C=O) groups is 3. The zero-order valence-electron chi connectivity index (χ0n) is 11.9. The summed E-state index contributed by atoms with van der Waals surface area (Å²) in [5.74, 6) is -1.55. The number of likely N-dealkylation sites (tertiary alicyclic amines) is 1. The number of hydrogen-bond donors (Lipinski definition) is 1. The Morgan fingerprint density at radius 3 is 2.55 bits per heavy atom. The summed E-state index contributed by atoms with van der Waals surface area (Å²) in [6.07, 6.45) is 4.57. The van der Waals surface area contributed by atoms with Crippen molar-refractivity contribution in [2.24, 2.45) is 5.92 Å². The first kappa shape index (κ1) is 14.8. The van der Waals surface area contributed by atoms with Gasteiger partial charge in [0.15, 0.2) is 0 Å². The van der Waals surface area contributed by atoms with Crippen LogP contribution in [0.5, 0.6) is 0 Å². The fourth-order valence-electron chi connectivity index (χ4n) is 3.23. The van der Waals surface area contributed by atoms with Crippen molar-refractivity contribution in [2.45, 2.75) is 45.1 Å². The summed E-state index contributed by atoms with van der Waals surface area (Å²) >= 11 is 0. The first-order chi connectivity index (χ1) is 9.52. The lowest BCUT2D eigenvalue weighted by atomic mass is 10.1. The van der Waals surface area contributed by atoms with E-state index in [9.17, 15) is 14.4 Å². The fourth-order valence-corrected chi connectivity index (χ4v) is 3.23. The molecule has 2 amide bonds. The third-order valence-electron chi connectivity index (χ3n) is 4.29. The lowest BCUT2D eigenvalue weighted by molar-refractivity contribution is -0.146. The van der Waals surface area contributed by atoms with Crippen LogP contribution in [0.1, 0.15) is 39.0 Å². The van der Waals surface area contributed by atoms with Gasteiger partial charge in [-0.25, -0.2) is 0 Å². The van der Waals surface area contributed by atoms with Crippen molar-refractivity contribution in [3.8, 4) is 0 Å². The van der Waals surface area contributed by atoms with Gasteiger partial charge in [0.25, 0.3) is 0 Å². The van der Waals surface area contributed by atoms with Gasteiger partial charge in [0.05, 0.1) is 5.92 Å². The molecule has 1 aliphatic carbocycles. The van der Waals surface area contributed by atoms with Gasteiger partial charge in [0, 0.05) is 25.6 Å². The van der Waals surface area contributed by atoms with E-state index in [0.29, 0.717) is 13.1 Å². The van der Waals surface area contributed by atoms with Crippen molar-refractivity contribution in [3.05, 3.63) is 0 Å². The third kappa shape index (κ3) is 3.11. The predicted octanol–water partition coefficient (Wildman–Crippen LogP) is 0.711. The van der Waals surface area contributed by atoms with Crippen LogP contribution in [0, 0.1) is 5.92 Å². The van der Waals surface area contributed by atoms with E-state index < -0.39 is 5.97 Å². The molecule has 0 spiro atoms. The van der Waals surface area contributed by atoms with E-state index in [1.165, 1.54) is 4.90 Å². The maximum atomic E-state index is 12.3. The molecule has 0 bridgehead atoms. The molecule has 1 N–H and O–H groups in total. The van der Waals surface area contributed by atoms with E-state index >= 15 is 0 Å². The minimum absolute atomic E-state index is 0.0432. The predicted molar refractivity (Wildman–Crippen MR) is 72.0 cm³/mol. The number of nitrogens with zero attached hydrogens (tertiary/aromatic N) is 2. The quantitative estimate of drug-likeness (QED) is 0.805. The van der Waals surface area contributed by atoms with Crippen molar-refractivity contribution < 1.29 is 19.5 Å². The van der Waals surface area contributed by atoms with Crippen LogP contribution in [0.25, 0.3) is 0 Å². The molecular weight excluding hydrogens is 260 g/mol. The average molecular weight is 282 g/mol. The second kappa shape index (κ2) is 6.24. The molecule has 2 rings (SSSR count). The first-order valence-corrected chi connectivity index (χ1v) is 7.33. The Hall–Kier alpha value is -1.59.